The minimum absolute atomic E-state index is 1.15. The van der Waals surface area contributed by atoms with Gasteiger partial charge in [-0.2, -0.15) is 0 Å². The van der Waals surface area contributed by atoms with Crippen LogP contribution in [-0.2, 0) is 0 Å². The molecule has 0 amide bonds. The van der Waals surface area contributed by atoms with Crippen LogP contribution in [0.3, 0.4) is 0 Å². The van der Waals surface area contributed by atoms with Crippen LogP contribution in [-0.4, -0.2) is 11.6 Å². The average molecular weight is 577 g/mol. The van der Waals surface area contributed by atoms with Gasteiger partial charge in [-0.05, 0) is 88.0 Å². The van der Waals surface area contributed by atoms with E-state index in [1.165, 1.54) is 60.9 Å². The molecule has 0 bridgehead atoms. The molecular formula is C43H32N2. The van der Waals surface area contributed by atoms with Gasteiger partial charge in [-0.3, -0.25) is 0 Å². The molecule has 0 aliphatic carbocycles. The van der Waals surface area contributed by atoms with E-state index in [1.807, 2.05) is 0 Å². The Morgan fingerprint density at radius 2 is 0.778 bits per heavy atom. The molecule has 0 N–H and O–H groups in total. The SMILES string of the molecule is CN(c1ccc(-c2cccc(-c3ccccc3)c2)cc1)c1ccc(-c2cccc(-n3c4ccccc4c4ccccc43)c2)cc1. The number of hydrogen-bond acceptors (Lipinski definition) is 1. The van der Waals surface area contributed by atoms with Crippen molar-refractivity contribution in [3.05, 3.63) is 176 Å². The van der Waals surface area contributed by atoms with Crippen molar-refractivity contribution in [2.75, 3.05) is 11.9 Å². The predicted molar refractivity (Wildman–Crippen MR) is 192 cm³/mol. The Labute approximate surface area is 264 Å². The molecule has 0 aliphatic heterocycles. The van der Waals surface area contributed by atoms with E-state index >= 15 is 0 Å². The first-order valence-corrected chi connectivity index (χ1v) is 15.4. The molecular weight excluding hydrogens is 544 g/mol. The Hall–Kier alpha value is -5.86. The lowest BCUT2D eigenvalue weighted by Gasteiger charge is -2.20. The molecule has 2 nitrogen and oxygen atoms in total. The highest BCUT2D eigenvalue weighted by atomic mass is 15.1. The minimum Gasteiger partial charge on any atom is -0.345 e. The first-order chi connectivity index (χ1) is 22.2. The number of para-hydroxylation sites is 2. The van der Waals surface area contributed by atoms with Crippen LogP contribution < -0.4 is 4.90 Å². The second-order valence-corrected chi connectivity index (χ2v) is 11.5. The lowest BCUT2D eigenvalue weighted by atomic mass is 9.99. The van der Waals surface area contributed by atoms with Gasteiger partial charge in [0, 0.05) is 34.9 Å². The summed E-state index contributed by atoms with van der Waals surface area (Å²) in [5, 5.41) is 2.55. The van der Waals surface area contributed by atoms with Gasteiger partial charge < -0.3 is 9.47 Å². The monoisotopic (exact) mass is 576 g/mol. The molecule has 0 atom stereocenters. The van der Waals surface area contributed by atoms with Gasteiger partial charge in [0.25, 0.3) is 0 Å². The van der Waals surface area contributed by atoms with Crippen molar-refractivity contribution in [3.8, 4) is 39.1 Å². The molecule has 45 heavy (non-hydrogen) atoms. The number of fused-ring (bicyclic) bond motifs is 3. The summed E-state index contributed by atoms with van der Waals surface area (Å²) in [6.07, 6.45) is 0. The second-order valence-electron chi connectivity index (χ2n) is 11.5. The highest BCUT2D eigenvalue weighted by Crippen LogP contribution is 2.34. The second kappa shape index (κ2) is 11.3. The van der Waals surface area contributed by atoms with Gasteiger partial charge in [-0.1, -0.05) is 121 Å². The van der Waals surface area contributed by atoms with Crippen LogP contribution in [0.4, 0.5) is 11.4 Å². The number of nitrogens with zero attached hydrogens (tertiary/aromatic N) is 2. The van der Waals surface area contributed by atoms with E-state index < -0.39 is 0 Å². The maximum Gasteiger partial charge on any atom is 0.0541 e. The summed E-state index contributed by atoms with van der Waals surface area (Å²) in [6.45, 7) is 0. The highest BCUT2D eigenvalue weighted by Gasteiger charge is 2.12. The topological polar surface area (TPSA) is 8.17 Å². The number of anilines is 2. The van der Waals surface area contributed by atoms with Crippen LogP contribution in [0, 0.1) is 0 Å². The van der Waals surface area contributed by atoms with E-state index in [2.05, 4.69) is 192 Å². The Kier molecular flexibility index (Phi) is 6.73. The third kappa shape index (κ3) is 4.97. The molecule has 2 heteroatoms. The van der Waals surface area contributed by atoms with Crippen molar-refractivity contribution in [2.45, 2.75) is 0 Å². The van der Waals surface area contributed by atoms with Crippen LogP contribution in [0.1, 0.15) is 0 Å². The Balaban J connectivity index is 1.05. The van der Waals surface area contributed by atoms with Gasteiger partial charge in [0.05, 0.1) is 11.0 Å². The Morgan fingerprint density at radius 3 is 1.33 bits per heavy atom. The van der Waals surface area contributed by atoms with Gasteiger partial charge >= 0.3 is 0 Å². The molecule has 0 fully saturated rings. The first-order valence-electron chi connectivity index (χ1n) is 15.4. The van der Waals surface area contributed by atoms with Crippen molar-refractivity contribution in [2.24, 2.45) is 0 Å². The molecule has 7 aromatic carbocycles. The largest absolute Gasteiger partial charge is 0.345 e. The molecule has 0 radical (unpaired) electrons. The zero-order valence-corrected chi connectivity index (χ0v) is 25.1. The Morgan fingerprint density at radius 1 is 0.356 bits per heavy atom. The van der Waals surface area contributed by atoms with Gasteiger partial charge in [0.15, 0.2) is 0 Å². The fraction of sp³-hybridized carbons (Fsp3) is 0.0233. The number of benzene rings is 7. The lowest BCUT2D eigenvalue weighted by molar-refractivity contribution is 1.18. The van der Waals surface area contributed by atoms with E-state index in [0.29, 0.717) is 0 Å². The maximum atomic E-state index is 2.37. The summed E-state index contributed by atoms with van der Waals surface area (Å²) in [4.78, 5) is 2.24. The minimum atomic E-state index is 1.15. The molecule has 1 aromatic heterocycles. The standard InChI is InChI=1S/C43H32N2/c1-44(37-25-21-32(22-26-37)35-14-9-13-34(29-35)31-11-3-2-4-12-31)38-27-23-33(24-28-38)36-15-10-16-39(30-36)45-42-19-7-5-17-40(42)41-18-6-8-20-43(41)45/h2-30H,1H3. The lowest BCUT2D eigenvalue weighted by Crippen LogP contribution is -2.08. The predicted octanol–water partition coefficient (Wildman–Crippen LogP) is 11.6. The van der Waals surface area contributed by atoms with E-state index in [-0.39, 0.29) is 0 Å². The van der Waals surface area contributed by atoms with Crippen LogP contribution in [0.2, 0.25) is 0 Å². The van der Waals surface area contributed by atoms with Crippen molar-refractivity contribution in [3.63, 3.8) is 0 Å². The molecule has 1 heterocycles. The molecule has 0 unspecified atom stereocenters. The average Bonchev–Trinajstić information content (AvgIpc) is 3.46. The Bertz CT molecular complexity index is 2210. The van der Waals surface area contributed by atoms with Crippen molar-refractivity contribution in [1.82, 2.24) is 4.57 Å². The zero-order chi connectivity index (χ0) is 30.2. The van der Waals surface area contributed by atoms with E-state index in [0.717, 1.165) is 11.4 Å². The number of hydrogen-bond donors (Lipinski definition) is 0. The summed E-state index contributed by atoms with van der Waals surface area (Å²) in [6, 6.07) is 63.2. The maximum absolute atomic E-state index is 2.37. The first kappa shape index (κ1) is 26.7. The molecule has 0 saturated heterocycles. The molecule has 214 valence electrons. The van der Waals surface area contributed by atoms with Crippen LogP contribution in [0.25, 0.3) is 60.9 Å². The van der Waals surface area contributed by atoms with Crippen molar-refractivity contribution in [1.29, 1.82) is 0 Å². The van der Waals surface area contributed by atoms with Gasteiger partial charge in [-0.25, -0.2) is 0 Å². The van der Waals surface area contributed by atoms with Gasteiger partial charge in [0.2, 0.25) is 0 Å². The quantitative estimate of drug-likeness (QED) is 0.191. The molecule has 8 aromatic rings. The summed E-state index contributed by atoms with van der Waals surface area (Å²) in [7, 11) is 2.13. The van der Waals surface area contributed by atoms with Crippen LogP contribution >= 0.6 is 0 Å². The fourth-order valence-corrected chi connectivity index (χ4v) is 6.44. The summed E-state index contributed by atoms with van der Waals surface area (Å²) in [5.74, 6) is 0. The number of rotatable bonds is 6. The summed E-state index contributed by atoms with van der Waals surface area (Å²) in [5.41, 5.74) is 13.2. The van der Waals surface area contributed by atoms with E-state index in [9.17, 15) is 0 Å². The third-order valence-corrected chi connectivity index (χ3v) is 8.83. The van der Waals surface area contributed by atoms with Crippen molar-refractivity contribution < 1.29 is 0 Å². The van der Waals surface area contributed by atoms with Gasteiger partial charge in [-0.15, -0.1) is 0 Å². The molecule has 0 aliphatic rings. The smallest absolute Gasteiger partial charge is 0.0541 e. The molecule has 8 rings (SSSR count). The highest BCUT2D eigenvalue weighted by molar-refractivity contribution is 6.09. The molecule has 0 saturated carbocycles. The fourth-order valence-electron chi connectivity index (χ4n) is 6.44. The number of aromatic nitrogens is 1. The summed E-state index contributed by atoms with van der Waals surface area (Å²) >= 11 is 0. The van der Waals surface area contributed by atoms with Crippen LogP contribution in [0.5, 0.6) is 0 Å². The van der Waals surface area contributed by atoms with E-state index in [4.69, 9.17) is 0 Å². The normalized spacial score (nSPS) is 11.2. The third-order valence-electron chi connectivity index (χ3n) is 8.83. The van der Waals surface area contributed by atoms with E-state index in [1.54, 1.807) is 0 Å². The van der Waals surface area contributed by atoms with Crippen LogP contribution in [0.15, 0.2) is 176 Å². The molecule has 0 spiro atoms. The zero-order valence-electron chi connectivity index (χ0n) is 25.1. The summed E-state index contributed by atoms with van der Waals surface area (Å²) < 4.78 is 2.37. The van der Waals surface area contributed by atoms with Crippen molar-refractivity contribution >= 4 is 33.2 Å². The van der Waals surface area contributed by atoms with Gasteiger partial charge in [0.1, 0.15) is 0 Å².